The van der Waals surface area contributed by atoms with Gasteiger partial charge in [0.2, 0.25) is 10.0 Å². The number of aryl methyl sites for hydroxylation is 2. The summed E-state index contributed by atoms with van der Waals surface area (Å²) in [5.41, 5.74) is 2.54. The molecule has 0 radical (unpaired) electrons. The highest BCUT2D eigenvalue weighted by molar-refractivity contribution is 7.89. The van der Waals surface area contributed by atoms with Crippen molar-refractivity contribution in [2.24, 2.45) is 5.92 Å². The van der Waals surface area contributed by atoms with E-state index in [9.17, 15) is 8.42 Å². The van der Waals surface area contributed by atoms with Gasteiger partial charge in [0, 0.05) is 12.6 Å². The zero-order chi connectivity index (χ0) is 17.2. The van der Waals surface area contributed by atoms with Gasteiger partial charge in [-0.25, -0.2) is 13.1 Å². The van der Waals surface area contributed by atoms with Crippen molar-refractivity contribution in [1.29, 1.82) is 0 Å². The zero-order valence-electron chi connectivity index (χ0n) is 14.9. The molecule has 0 bridgehead atoms. The molecule has 134 valence electrons. The zero-order valence-corrected chi connectivity index (χ0v) is 15.7. The van der Waals surface area contributed by atoms with Crippen molar-refractivity contribution in [3.63, 3.8) is 0 Å². The molecule has 3 rings (SSSR count). The molecule has 1 fully saturated rings. The maximum atomic E-state index is 12.9. The fourth-order valence-electron chi connectivity index (χ4n) is 4.19. The average molecular weight is 351 g/mol. The highest BCUT2D eigenvalue weighted by Crippen LogP contribution is 2.28. The van der Waals surface area contributed by atoms with Crippen LogP contribution in [0.25, 0.3) is 0 Å². The van der Waals surface area contributed by atoms with Gasteiger partial charge in [0.05, 0.1) is 4.90 Å². The summed E-state index contributed by atoms with van der Waals surface area (Å²) in [4.78, 5) is 2.60. The van der Waals surface area contributed by atoms with Gasteiger partial charge in [-0.1, -0.05) is 18.9 Å². The Balaban J connectivity index is 1.77. The van der Waals surface area contributed by atoms with Gasteiger partial charge < -0.3 is 4.90 Å². The largest absolute Gasteiger partial charge is 0.309 e. The smallest absolute Gasteiger partial charge is 0.240 e. The van der Waals surface area contributed by atoms with Crippen LogP contribution in [0.15, 0.2) is 23.1 Å². The van der Waals surface area contributed by atoms with Crippen molar-refractivity contribution in [3.8, 4) is 0 Å². The molecule has 0 heterocycles. The maximum absolute atomic E-state index is 12.9. The Kier molecular flexibility index (Phi) is 5.63. The quantitative estimate of drug-likeness (QED) is 0.888. The summed E-state index contributed by atoms with van der Waals surface area (Å²) in [6, 6.07) is 5.76. The molecule has 0 saturated heterocycles. The van der Waals surface area contributed by atoms with E-state index in [2.05, 4.69) is 23.7 Å². The fourth-order valence-corrected chi connectivity index (χ4v) is 5.58. The fraction of sp³-hybridized carbons (Fsp3) is 0.684. The molecule has 0 spiro atoms. The highest BCUT2D eigenvalue weighted by Gasteiger charge is 2.30. The topological polar surface area (TPSA) is 49.4 Å². The van der Waals surface area contributed by atoms with Gasteiger partial charge in [-0.05, 0) is 81.8 Å². The molecule has 0 aromatic heterocycles. The molecule has 2 atom stereocenters. The third-order valence-corrected chi connectivity index (χ3v) is 6.93. The van der Waals surface area contributed by atoms with E-state index >= 15 is 0 Å². The summed E-state index contributed by atoms with van der Waals surface area (Å²) in [6.07, 6.45) is 8.83. The number of benzene rings is 1. The first-order chi connectivity index (χ1) is 11.5. The predicted molar refractivity (Wildman–Crippen MR) is 97.7 cm³/mol. The molecule has 1 saturated carbocycles. The number of sulfonamides is 1. The van der Waals surface area contributed by atoms with Crippen LogP contribution >= 0.6 is 0 Å². The minimum atomic E-state index is -3.43. The van der Waals surface area contributed by atoms with Crippen molar-refractivity contribution >= 4 is 10.0 Å². The molecule has 24 heavy (non-hydrogen) atoms. The molecule has 2 aliphatic rings. The Hall–Kier alpha value is -0.910. The van der Waals surface area contributed by atoms with Gasteiger partial charge in [-0.2, -0.15) is 0 Å². The third kappa shape index (κ3) is 4.19. The van der Waals surface area contributed by atoms with Crippen molar-refractivity contribution in [3.05, 3.63) is 29.3 Å². The molecule has 5 heteroatoms. The Labute approximate surface area is 146 Å². The van der Waals surface area contributed by atoms with Crippen LogP contribution in [0.1, 0.15) is 49.7 Å². The average Bonchev–Trinajstić information content (AvgIpc) is 2.55. The van der Waals surface area contributed by atoms with Gasteiger partial charge in [0.25, 0.3) is 0 Å². The highest BCUT2D eigenvalue weighted by atomic mass is 32.2. The Morgan fingerprint density at radius 3 is 2.50 bits per heavy atom. The monoisotopic (exact) mass is 350 g/mol. The minimum absolute atomic E-state index is 0.0576. The van der Waals surface area contributed by atoms with E-state index in [-0.39, 0.29) is 6.04 Å². The van der Waals surface area contributed by atoms with Crippen LogP contribution in [-0.2, 0) is 22.9 Å². The number of nitrogens with one attached hydrogen (secondary N) is 1. The van der Waals surface area contributed by atoms with Crippen LogP contribution in [0.3, 0.4) is 0 Å². The first kappa shape index (κ1) is 17.9. The number of fused-ring (bicyclic) bond motifs is 1. The van der Waals surface area contributed by atoms with Gasteiger partial charge >= 0.3 is 0 Å². The lowest BCUT2D eigenvalue weighted by Gasteiger charge is -2.33. The van der Waals surface area contributed by atoms with E-state index in [1.165, 1.54) is 24.0 Å². The number of rotatable bonds is 5. The van der Waals surface area contributed by atoms with E-state index < -0.39 is 10.0 Å². The molecular formula is C19H30N2O2S. The van der Waals surface area contributed by atoms with Crippen LogP contribution in [0, 0.1) is 5.92 Å². The van der Waals surface area contributed by atoms with E-state index in [1.807, 2.05) is 12.1 Å². The first-order valence-electron chi connectivity index (χ1n) is 9.24. The van der Waals surface area contributed by atoms with E-state index in [0.29, 0.717) is 10.8 Å². The molecule has 1 N–H and O–H groups in total. The first-order valence-corrected chi connectivity index (χ1v) is 10.7. The van der Waals surface area contributed by atoms with E-state index in [1.54, 1.807) is 6.07 Å². The van der Waals surface area contributed by atoms with E-state index in [0.717, 1.165) is 45.1 Å². The Morgan fingerprint density at radius 1 is 1.04 bits per heavy atom. The van der Waals surface area contributed by atoms with Gasteiger partial charge in [-0.15, -0.1) is 0 Å². The van der Waals surface area contributed by atoms with Crippen LogP contribution < -0.4 is 4.72 Å². The number of nitrogens with zero attached hydrogens (tertiary/aromatic N) is 1. The van der Waals surface area contributed by atoms with E-state index in [4.69, 9.17) is 0 Å². The number of hydrogen-bond donors (Lipinski definition) is 1. The second-order valence-corrected chi connectivity index (χ2v) is 9.39. The second-order valence-electron chi connectivity index (χ2n) is 7.67. The lowest BCUT2D eigenvalue weighted by molar-refractivity contribution is 0.224. The Bertz CT molecular complexity index is 670. The van der Waals surface area contributed by atoms with Gasteiger partial charge in [-0.3, -0.25) is 0 Å². The molecule has 1 aromatic rings. The summed E-state index contributed by atoms with van der Waals surface area (Å²) in [7, 11) is 0.688. The van der Waals surface area contributed by atoms with Crippen molar-refractivity contribution in [2.45, 2.75) is 62.3 Å². The summed E-state index contributed by atoms with van der Waals surface area (Å²) >= 11 is 0. The van der Waals surface area contributed by atoms with Gasteiger partial charge in [0.15, 0.2) is 0 Å². The normalized spacial score (nSPS) is 24.8. The Morgan fingerprint density at radius 2 is 1.75 bits per heavy atom. The van der Waals surface area contributed by atoms with Crippen LogP contribution in [0.4, 0.5) is 0 Å². The lowest BCUT2D eigenvalue weighted by atomic mass is 9.85. The summed E-state index contributed by atoms with van der Waals surface area (Å²) in [5.74, 6) is 0.404. The van der Waals surface area contributed by atoms with Crippen LogP contribution in [0.5, 0.6) is 0 Å². The minimum Gasteiger partial charge on any atom is -0.309 e. The van der Waals surface area contributed by atoms with Crippen molar-refractivity contribution < 1.29 is 8.42 Å². The molecule has 4 nitrogen and oxygen atoms in total. The van der Waals surface area contributed by atoms with Crippen LogP contribution in [-0.4, -0.2) is 40.0 Å². The van der Waals surface area contributed by atoms with Gasteiger partial charge in [0.1, 0.15) is 0 Å². The maximum Gasteiger partial charge on any atom is 0.240 e. The second kappa shape index (κ2) is 7.54. The van der Waals surface area contributed by atoms with Crippen LogP contribution in [0.2, 0.25) is 0 Å². The molecule has 0 aliphatic heterocycles. The number of hydrogen-bond acceptors (Lipinski definition) is 3. The summed E-state index contributed by atoms with van der Waals surface area (Å²) in [6.45, 7) is 0.942. The third-order valence-electron chi connectivity index (χ3n) is 5.45. The molecule has 2 unspecified atom stereocenters. The molecule has 1 aromatic carbocycles. The predicted octanol–water partition coefficient (Wildman–Crippen LogP) is 2.96. The summed E-state index contributed by atoms with van der Waals surface area (Å²) in [5, 5.41) is 0. The molecular weight excluding hydrogens is 320 g/mol. The lowest BCUT2D eigenvalue weighted by Crippen LogP contribution is -2.45. The standard InChI is InChI=1S/C19H30N2O2S/c1-21(2)14-17-9-5-6-10-19(17)20-24(22,23)18-12-11-15-7-3-4-8-16(15)13-18/h11-13,17,19-20H,3-10,14H2,1-2H3. The molecule has 0 amide bonds. The SMILES string of the molecule is CN(C)CC1CCCCC1NS(=O)(=O)c1ccc2c(c1)CCCC2. The van der Waals surface area contributed by atoms with Crippen molar-refractivity contribution in [2.75, 3.05) is 20.6 Å². The molecule has 2 aliphatic carbocycles. The van der Waals surface area contributed by atoms with Crippen molar-refractivity contribution in [1.82, 2.24) is 9.62 Å². The summed E-state index contributed by atoms with van der Waals surface area (Å²) < 4.78 is 28.8.